The summed E-state index contributed by atoms with van der Waals surface area (Å²) in [5.74, 6) is -2.19. The van der Waals surface area contributed by atoms with E-state index in [1.807, 2.05) is 0 Å². The second-order valence-electron chi connectivity index (χ2n) is 4.31. The number of hydrogen-bond acceptors (Lipinski definition) is 3. The van der Waals surface area contributed by atoms with Crippen LogP contribution in [0.2, 0.25) is 0 Å². The predicted octanol–water partition coefficient (Wildman–Crippen LogP) is 1.90. The molecule has 0 atom stereocenters. The lowest BCUT2D eigenvalue weighted by atomic mass is 10.1. The smallest absolute Gasteiger partial charge is 0.378 e. The Morgan fingerprint density at radius 2 is 1.50 bits per heavy atom. The molecule has 1 aliphatic rings. The molecule has 0 aliphatic carbocycles. The lowest BCUT2D eigenvalue weighted by molar-refractivity contribution is -0.0885. The molecule has 0 radical (unpaired) electrons. The number of ketones is 1. The van der Waals surface area contributed by atoms with Crippen molar-refractivity contribution >= 4 is 11.7 Å². The number of Topliss-reactive ketones (excluding diaryl/α,β-unsaturated/α-hetero) is 1. The summed E-state index contributed by atoms with van der Waals surface area (Å²) in [7, 11) is 0. The number of halogens is 3. The van der Waals surface area contributed by atoms with E-state index >= 15 is 0 Å². The van der Waals surface area contributed by atoms with Gasteiger partial charge in [-0.3, -0.25) is 9.59 Å². The van der Waals surface area contributed by atoms with E-state index in [0.717, 1.165) is 12.1 Å². The lowest BCUT2D eigenvalue weighted by Crippen LogP contribution is -2.40. The van der Waals surface area contributed by atoms with E-state index in [1.165, 1.54) is 12.1 Å². The normalized spacial score (nSPS) is 16.1. The Hall–Kier alpha value is -1.89. The molecule has 0 N–H and O–H groups in total. The van der Waals surface area contributed by atoms with Crippen molar-refractivity contribution in [3.8, 4) is 0 Å². The molecule has 1 fully saturated rings. The molecule has 0 saturated carbocycles. The molecule has 2 rings (SSSR count). The van der Waals surface area contributed by atoms with Crippen LogP contribution < -0.4 is 0 Å². The number of hydrogen-bond donors (Lipinski definition) is 0. The zero-order chi connectivity index (χ0) is 14.8. The van der Waals surface area contributed by atoms with Gasteiger partial charge in [-0.25, -0.2) is 0 Å². The number of ether oxygens (including phenoxy) is 1. The van der Waals surface area contributed by atoms with Crippen LogP contribution in [0.25, 0.3) is 0 Å². The van der Waals surface area contributed by atoms with Gasteiger partial charge in [0.2, 0.25) is 0 Å². The summed E-state index contributed by atoms with van der Waals surface area (Å²) in [6.07, 6.45) is -4.91. The van der Waals surface area contributed by atoms with Crippen LogP contribution in [-0.4, -0.2) is 49.1 Å². The highest BCUT2D eigenvalue weighted by atomic mass is 19.4. The maximum Gasteiger partial charge on any atom is 0.454 e. The van der Waals surface area contributed by atoms with Crippen molar-refractivity contribution in [1.29, 1.82) is 0 Å². The highest BCUT2D eigenvalue weighted by Crippen LogP contribution is 2.21. The van der Waals surface area contributed by atoms with Crippen LogP contribution in [0.4, 0.5) is 13.2 Å². The van der Waals surface area contributed by atoms with Crippen molar-refractivity contribution in [2.45, 2.75) is 6.18 Å². The van der Waals surface area contributed by atoms with Crippen LogP contribution in [-0.2, 0) is 4.74 Å². The molecule has 7 heteroatoms. The first-order valence-electron chi connectivity index (χ1n) is 5.98. The quantitative estimate of drug-likeness (QED) is 0.781. The van der Waals surface area contributed by atoms with Gasteiger partial charge >= 0.3 is 6.18 Å². The Morgan fingerprint density at radius 1 is 1.00 bits per heavy atom. The first-order valence-corrected chi connectivity index (χ1v) is 5.98. The number of alkyl halides is 3. The maximum absolute atomic E-state index is 12.2. The van der Waals surface area contributed by atoms with Gasteiger partial charge in [-0.1, -0.05) is 12.1 Å². The Bertz CT molecular complexity index is 505. The molecule has 4 nitrogen and oxygen atoms in total. The highest BCUT2D eigenvalue weighted by Gasteiger charge is 2.39. The Kier molecular flexibility index (Phi) is 4.08. The van der Waals surface area contributed by atoms with E-state index in [0.29, 0.717) is 26.3 Å². The number of amides is 1. The number of carbonyl (C=O) groups excluding carboxylic acids is 2. The molecule has 108 valence electrons. The molecule has 1 aromatic rings. The van der Waals surface area contributed by atoms with E-state index in [2.05, 4.69) is 0 Å². The van der Waals surface area contributed by atoms with Gasteiger partial charge in [0.1, 0.15) is 0 Å². The summed E-state index contributed by atoms with van der Waals surface area (Å²) in [6, 6.07) is 4.50. The van der Waals surface area contributed by atoms with E-state index in [4.69, 9.17) is 4.74 Å². The van der Waals surface area contributed by atoms with Crippen molar-refractivity contribution in [3.05, 3.63) is 35.4 Å². The Labute approximate surface area is 113 Å². The SMILES string of the molecule is O=C(c1ccc(C(=O)C(F)(F)F)cc1)N1CCOCC1. The van der Waals surface area contributed by atoms with Crippen molar-refractivity contribution in [3.63, 3.8) is 0 Å². The van der Waals surface area contributed by atoms with Gasteiger partial charge in [0, 0.05) is 24.2 Å². The average Bonchev–Trinajstić information content (AvgIpc) is 2.46. The van der Waals surface area contributed by atoms with Crippen LogP contribution in [0.5, 0.6) is 0 Å². The third-order valence-electron chi connectivity index (χ3n) is 2.95. The van der Waals surface area contributed by atoms with Crippen LogP contribution in [0.3, 0.4) is 0 Å². The van der Waals surface area contributed by atoms with Gasteiger partial charge in [0.05, 0.1) is 13.2 Å². The molecule has 0 bridgehead atoms. The fourth-order valence-corrected chi connectivity index (χ4v) is 1.88. The average molecular weight is 287 g/mol. The monoisotopic (exact) mass is 287 g/mol. The van der Waals surface area contributed by atoms with Crippen LogP contribution >= 0.6 is 0 Å². The van der Waals surface area contributed by atoms with E-state index in [-0.39, 0.29) is 11.5 Å². The lowest BCUT2D eigenvalue weighted by Gasteiger charge is -2.26. The number of rotatable bonds is 2. The molecular weight excluding hydrogens is 275 g/mol. The third-order valence-corrected chi connectivity index (χ3v) is 2.95. The zero-order valence-electron chi connectivity index (χ0n) is 10.4. The van der Waals surface area contributed by atoms with Gasteiger partial charge in [-0.05, 0) is 12.1 Å². The second-order valence-corrected chi connectivity index (χ2v) is 4.31. The second kappa shape index (κ2) is 5.62. The third kappa shape index (κ3) is 3.16. The largest absolute Gasteiger partial charge is 0.454 e. The molecule has 0 spiro atoms. The topological polar surface area (TPSA) is 46.6 Å². The minimum atomic E-state index is -4.91. The minimum absolute atomic E-state index is 0.255. The molecule has 1 amide bonds. The van der Waals surface area contributed by atoms with E-state index in [9.17, 15) is 22.8 Å². The maximum atomic E-state index is 12.2. The van der Waals surface area contributed by atoms with Gasteiger partial charge in [0.15, 0.2) is 0 Å². The van der Waals surface area contributed by atoms with Crippen molar-refractivity contribution in [2.24, 2.45) is 0 Å². The molecule has 20 heavy (non-hydrogen) atoms. The van der Waals surface area contributed by atoms with Gasteiger partial charge in [-0.2, -0.15) is 13.2 Å². The van der Waals surface area contributed by atoms with Gasteiger partial charge in [0.25, 0.3) is 11.7 Å². The van der Waals surface area contributed by atoms with Crippen molar-refractivity contribution in [2.75, 3.05) is 26.3 Å². The molecule has 0 aromatic heterocycles. The van der Waals surface area contributed by atoms with Crippen LogP contribution in [0.15, 0.2) is 24.3 Å². The summed E-state index contributed by atoms with van der Waals surface area (Å²) < 4.78 is 41.8. The van der Waals surface area contributed by atoms with Crippen LogP contribution in [0, 0.1) is 0 Å². The van der Waals surface area contributed by atoms with Gasteiger partial charge < -0.3 is 9.64 Å². The molecule has 1 saturated heterocycles. The number of benzene rings is 1. The number of carbonyl (C=O) groups is 2. The zero-order valence-corrected chi connectivity index (χ0v) is 10.4. The standard InChI is InChI=1S/C13H12F3NO3/c14-13(15,16)11(18)9-1-3-10(4-2-9)12(19)17-5-7-20-8-6-17/h1-4H,5-8H2. The summed E-state index contributed by atoms with van der Waals surface area (Å²) in [5, 5.41) is 0. The van der Waals surface area contributed by atoms with E-state index < -0.39 is 17.5 Å². The Morgan fingerprint density at radius 3 is 2.00 bits per heavy atom. The number of nitrogens with zero attached hydrogens (tertiary/aromatic N) is 1. The minimum Gasteiger partial charge on any atom is -0.378 e. The molecule has 1 heterocycles. The first-order chi connectivity index (χ1) is 9.39. The summed E-state index contributed by atoms with van der Waals surface area (Å²) in [6.45, 7) is 1.77. The fourth-order valence-electron chi connectivity index (χ4n) is 1.88. The van der Waals surface area contributed by atoms with Crippen molar-refractivity contribution in [1.82, 2.24) is 4.90 Å². The molecular formula is C13H12F3NO3. The van der Waals surface area contributed by atoms with Crippen LogP contribution in [0.1, 0.15) is 20.7 Å². The number of morpholine rings is 1. The first kappa shape index (κ1) is 14.5. The molecule has 0 unspecified atom stereocenters. The summed E-state index contributed by atoms with van der Waals surface area (Å²) in [4.78, 5) is 24.6. The van der Waals surface area contributed by atoms with Crippen molar-refractivity contribution < 1.29 is 27.5 Å². The molecule has 1 aliphatic heterocycles. The predicted molar refractivity (Wildman–Crippen MR) is 63.6 cm³/mol. The highest BCUT2D eigenvalue weighted by molar-refractivity contribution is 6.01. The molecule has 1 aromatic carbocycles. The fraction of sp³-hybridized carbons (Fsp3) is 0.385. The van der Waals surface area contributed by atoms with Gasteiger partial charge in [-0.15, -0.1) is 0 Å². The Balaban J connectivity index is 2.11. The van der Waals surface area contributed by atoms with E-state index in [1.54, 1.807) is 4.90 Å². The summed E-state index contributed by atoms with van der Waals surface area (Å²) >= 11 is 0. The summed E-state index contributed by atoms with van der Waals surface area (Å²) in [5.41, 5.74) is -0.221.